The van der Waals surface area contributed by atoms with Crippen molar-refractivity contribution in [2.45, 2.75) is 45.5 Å². The van der Waals surface area contributed by atoms with Crippen LogP contribution in [0.1, 0.15) is 38.2 Å². The second-order valence-corrected chi connectivity index (χ2v) is 8.28. The maximum atomic E-state index is 13.3. The van der Waals surface area contributed by atoms with E-state index in [4.69, 9.17) is 9.47 Å². The Kier molecular flexibility index (Phi) is 5.67. The van der Waals surface area contributed by atoms with E-state index in [-0.39, 0.29) is 24.8 Å². The molecule has 0 spiro atoms. The van der Waals surface area contributed by atoms with Crippen molar-refractivity contribution in [1.82, 2.24) is 25.0 Å². The summed E-state index contributed by atoms with van der Waals surface area (Å²) in [6, 6.07) is 1.52. The lowest BCUT2D eigenvalue weighted by molar-refractivity contribution is -0.0497. The molecular formula is C20H25F2N5O4. The number of likely N-dealkylation sites (tertiary alicyclic amines) is 2. The van der Waals surface area contributed by atoms with Crippen LogP contribution in [0.5, 0.6) is 11.8 Å². The number of halogens is 2. The molecule has 2 aromatic heterocycles. The Morgan fingerprint density at radius 1 is 1.10 bits per heavy atom. The molecular weight excluding hydrogens is 412 g/mol. The minimum Gasteiger partial charge on any atom is -0.391 e. The van der Waals surface area contributed by atoms with Crippen LogP contribution in [0.4, 0.5) is 18.4 Å². The number of carbonyl (C=O) groups excluding carboxylic acids is 2. The molecule has 0 bridgehead atoms. The van der Waals surface area contributed by atoms with E-state index in [0.29, 0.717) is 35.6 Å². The molecule has 2 amide bonds. The fourth-order valence-corrected chi connectivity index (χ4v) is 3.79. The maximum absolute atomic E-state index is 13.3. The molecule has 0 atom stereocenters. The number of H-pyrrole nitrogens is 1. The van der Waals surface area contributed by atoms with Gasteiger partial charge in [-0.2, -0.15) is 4.98 Å². The number of piperidine rings is 2. The van der Waals surface area contributed by atoms with Crippen molar-refractivity contribution in [2.24, 2.45) is 5.92 Å². The molecule has 2 aliphatic rings. The van der Waals surface area contributed by atoms with Gasteiger partial charge in [-0.05, 0) is 31.2 Å². The van der Waals surface area contributed by atoms with E-state index in [9.17, 15) is 18.4 Å². The largest absolute Gasteiger partial charge is 0.416 e. The molecule has 2 aliphatic heterocycles. The van der Waals surface area contributed by atoms with Crippen molar-refractivity contribution < 1.29 is 27.8 Å². The summed E-state index contributed by atoms with van der Waals surface area (Å²) in [6.07, 6.45) is -0.109. The highest BCUT2D eigenvalue weighted by molar-refractivity contribution is 5.87. The SMILES string of the molecule is Cc1cc(OC(=O)N2CCC(F)(F)CC2)nc2[nH]nc(OC(=O)N3CCC(C)CC3)c12. The number of ether oxygens (including phenoxy) is 2. The van der Waals surface area contributed by atoms with Crippen molar-refractivity contribution in [2.75, 3.05) is 26.2 Å². The molecule has 0 aliphatic carbocycles. The first-order valence-electron chi connectivity index (χ1n) is 10.4. The summed E-state index contributed by atoms with van der Waals surface area (Å²) in [7, 11) is 0. The summed E-state index contributed by atoms with van der Waals surface area (Å²) < 4.78 is 37.3. The minimum absolute atomic E-state index is 0.0129. The second-order valence-electron chi connectivity index (χ2n) is 8.28. The molecule has 0 aromatic carbocycles. The topological polar surface area (TPSA) is 101 Å². The maximum Gasteiger partial charge on any atom is 0.416 e. The van der Waals surface area contributed by atoms with E-state index in [0.717, 1.165) is 12.8 Å². The van der Waals surface area contributed by atoms with Crippen LogP contribution in [0, 0.1) is 12.8 Å². The predicted molar refractivity (Wildman–Crippen MR) is 106 cm³/mol. The number of amides is 2. The smallest absolute Gasteiger partial charge is 0.391 e. The third-order valence-electron chi connectivity index (χ3n) is 5.84. The van der Waals surface area contributed by atoms with Crippen molar-refractivity contribution in [3.05, 3.63) is 11.6 Å². The van der Waals surface area contributed by atoms with Gasteiger partial charge in [-0.25, -0.2) is 18.4 Å². The zero-order valence-electron chi connectivity index (χ0n) is 17.5. The zero-order valence-corrected chi connectivity index (χ0v) is 17.5. The fraction of sp³-hybridized carbons (Fsp3) is 0.600. The van der Waals surface area contributed by atoms with Crippen molar-refractivity contribution in [3.63, 3.8) is 0 Å². The van der Waals surface area contributed by atoms with Gasteiger partial charge < -0.3 is 19.3 Å². The van der Waals surface area contributed by atoms with Crippen molar-refractivity contribution in [1.29, 1.82) is 0 Å². The van der Waals surface area contributed by atoms with Gasteiger partial charge >= 0.3 is 12.2 Å². The summed E-state index contributed by atoms with van der Waals surface area (Å²) >= 11 is 0. The van der Waals surface area contributed by atoms with E-state index in [2.05, 4.69) is 22.1 Å². The van der Waals surface area contributed by atoms with Gasteiger partial charge in [-0.15, -0.1) is 5.10 Å². The van der Waals surface area contributed by atoms with Crippen LogP contribution >= 0.6 is 0 Å². The lowest BCUT2D eigenvalue weighted by Gasteiger charge is -2.30. The first-order chi connectivity index (χ1) is 14.7. The van der Waals surface area contributed by atoms with E-state index in [1.807, 2.05) is 0 Å². The molecule has 11 heteroatoms. The summed E-state index contributed by atoms with van der Waals surface area (Å²) in [5, 5.41) is 7.24. The Balaban J connectivity index is 1.44. The number of aryl methyl sites for hydroxylation is 1. The number of pyridine rings is 1. The third kappa shape index (κ3) is 4.70. The summed E-state index contributed by atoms with van der Waals surface area (Å²) in [6.45, 7) is 5.03. The average Bonchev–Trinajstić information content (AvgIpc) is 3.11. The molecule has 4 heterocycles. The lowest BCUT2D eigenvalue weighted by Crippen LogP contribution is -2.44. The van der Waals surface area contributed by atoms with Crippen LogP contribution in [-0.2, 0) is 0 Å². The monoisotopic (exact) mass is 437 g/mol. The molecule has 2 fully saturated rings. The molecule has 168 valence electrons. The minimum atomic E-state index is -2.75. The first-order valence-corrected chi connectivity index (χ1v) is 10.4. The van der Waals surface area contributed by atoms with Crippen LogP contribution < -0.4 is 9.47 Å². The van der Waals surface area contributed by atoms with Crippen molar-refractivity contribution in [3.8, 4) is 11.8 Å². The quantitative estimate of drug-likeness (QED) is 0.768. The number of aromatic nitrogens is 3. The number of fused-ring (bicyclic) bond motifs is 1. The van der Waals surface area contributed by atoms with Gasteiger partial charge in [0.15, 0.2) is 5.65 Å². The van der Waals surface area contributed by atoms with Gasteiger partial charge in [0.2, 0.25) is 5.88 Å². The van der Waals surface area contributed by atoms with Crippen LogP contribution in [0.2, 0.25) is 0 Å². The number of carbonyl (C=O) groups is 2. The molecule has 9 nitrogen and oxygen atoms in total. The lowest BCUT2D eigenvalue weighted by atomic mass is 10.00. The summed E-state index contributed by atoms with van der Waals surface area (Å²) in [4.78, 5) is 31.9. The van der Waals surface area contributed by atoms with Gasteiger partial charge in [0.05, 0.1) is 5.39 Å². The molecule has 0 saturated carbocycles. The standard InChI is InChI=1S/C20H25F2N5O4/c1-12-3-7-26(8-4-12)19(29)31-17-15-13(2)11-14(23-16(15)24-25-17)30-18(28)27-9-5-20(21,22)6-10-27/h11-12H,3-10H2,1-2H3,(H,23,24,25). The Labute approximate surface area is 177 Å². The van der Waals surface area contributed by atoms with Crippen LogP contribution in [0.15, 0.2) is 6.07 Å². The predicted octanol–water partition coefficient (Wildman–Crippen LogP) is 3.73. The van der Waals surface area contributed by atoms with Crippen LogP contribution in [-0.4, -0.2) is 69.3 Å². The van der Waals surface area contributed by atoms with Gasteiger partial charge in [0.1, 0.15) is 0 Å². The highest BCUT2D eigenvalue weighted by Crippen LogP contribution is 2.30. The highest BCUT2D eigenvalue weighted by Gasteiger charge is 2.36. The highest BCUT2D eigenvalue weighted by atomic mass is 19.3. The molecule has 2 aromatic rings. The molecule has 2 saturated heterocycles. The summed E-state index contributed by atoms with van der Waals surface area (Å²) in [5.41, 5.74) is 0.935. The molecule has 0 radical (unpaired) electrons. The molecule has 0 unspecified atom stereocenters. The van der Waals surface area contributed by atoms with Gasteiger partial charge in [-0.3, -0.25) is 5.10 Å². The Bertz CT molecular complexity index is 977. The number of alkyl halides is 2. The van der Waals surface area contributed by atoms with E-state index in [1.165, 1.54) is 11.0 Å². The summed E-state index contributed by atoms with van der Waals surface area (Å²) in [5.74, 6) is -2.04. The van der Waals surface area contributed by atoms with E-state index >= 15 is 0 Å². The first kappa shape index (κ1) is 21.3. The van der Waals surface area contributed by atoms with Crippen LogP contribution in [0.3, 0.4) is 0 Å². The average molecular weight is 437 g/mol. The van der Waals surface area contributed by atoms with Gasteiger partial charge in [0, 0.05) is 45.1 Å². The van der Waals surface area contributed by atoms with Gasteiger partial charge in [-0.1, -0.05) is 6.92 Å². The van der Waals surface area contributed by atoms with Gasteiger partial charge in [0.25, 0.3) is 11.8 Å². The normalized spacial score (nSPS) is 19.5. The number of hydrogen-bond donors (Lipinski definition) is 1. The number of rotatable bonds is 2. The number of hydrogen-bond acceptors (Lipinski definition) is 6. The molecule has 1 N–H and O–H groups in total. The molecule has 31 heavy (non-hydrogen) atoms. The third-order valence-corrected chi connectivity index (χ3v) is 5.84. The molecule has 4 rings (SSSR count). The number of nitrogens with zero attached hydrogens (tertiary/aromatic N) is 4. The number of nitrogens with one attached hydrogen (secondary N) is 1. The van der Waals surface area contributed by atoms with E-state index < -0.39 is 31.0 Å². The Morgan fingerprint density at radius 3 is 2.39 bits per heavy atom. The Hall–Kier alpha value is -2.98. The Morgan fingerprint density at radius 2 is 1.71 bits per heavy atom. The van der Waals surface area contributed by atoms with Crippen LogP contribution in [0.25, 0.3) is 11.0 Å². The second kappa shape index (κ2) is 8.27. The van der Waals surface area contributed by atoms with Crippen molar-refractivity contribution >= 4 is 23.2 Å². The zero-order chi connectivity index (χ0) is 22.2. The fourth-order valence-electron chi connectivity index (χ4n) is 3.79. The van der Waals surface area contributed by atoms with E-state index in [1.54, 1.807) is 11.8 Å². The number of aromatic amines is 1.